The van der Waals surface area contributed by atoms with Crippen LogP contribution in [0.2, 0.25) is 0 Å². The van der Waals surface area contributed by atoms with Gasteiger partial charge in [-0.2, -0.15) is 0 Å². The zero-order chi connectivity index (χ0) is 15.8. The average Bonchev–Trinajstić information content (AvgIpc) is 2.45. The van der Waals surface area contributed by atoms with E-state index in [0.717, 1.165) is 0 Å². The van der Waals surface area contributed by atoms with E-state index < -0.39 is 18.0 Å². The minimum atomic E-state index is -0.695. The molecule has 2 amide bonds. The van der Waals surface area contributed by atoms with Gasteiger partial charge in [0.15, 0.2) is 0 Å². The van der Waals surface area contributed by atoms with Crippen LogP contribution in [0, 0.1) is 5.92 Å². The predicted octanol–water partition coefficient (Wildman–Crippen LogP) is 2.40. The van der Waals surface area contributed by atoms with Crippen LogP contribution in [0.15, 0.2) is 24.3 Å². The topological polar surface area (TPSA) is 76.7 Å². The molecule has 0 bridgehead atoms. The summed E-state index contributed by atoms with van der Waals surface area (Å²) < 4.78 is 10.1. The molecule has 1 atom stereocenters. The third-order valence-electron chi connectivity index (χ3n) is 2.85. The Morgan fingerprint density at radius 3 is 2.48 bits per heavy atom. The summed E-state index contributed by atoms with van der Waals surface area (Å²) in [5, 5.41) is 5.28. The van der Waals surface area contributed by atoms with Crippen molar-refractivity contribution in [3.63, 3.8) is 0 Å². The van der Waals surface area contributed by atoms with Gasteiger partial charge in [0, 0.05) is 0 Å². The zero-order valence-corrected chi connectivity index (χ0v) is 12.8. The Hall–Kier alpha value is -2.24. The van der Waals surface area contributed by atoms with Crippen molar-refractivity contribution < 1.29 is 19.1 Å². The molecule has 6 nitrogen and oxygen atoms in total. The Morgan fingerprint density at radius 2 is 1.90 bits per heavy atom. The molecule has 0 radical (unpaired) electrons. The molecule has 1 aromatic carbocycles. The standard InChI is InChI=1S/C15H22N2O4/c1-5-21-14(18)13(10(2)3)17-15(19)16-11-8-6-7-9-12(11)20-4/h6-10,13H,5H2,1-4H3,(H2,16,17,19). The highest BCUT2D eigenvalue weighted by molar-refractivity contribution is 5.93. The van der Waals surface area contributed by atoms with Crippen LogP contribution in [0.4, 0.5) is 10.5 Å². The number of amides is 2. The quantitative estimate of drug-likeness (QED) is 0.790. The Bertz CT molecular complexity index is 488. The van der Waals surface area contributed by atoms with Crippen LogP contribution in [-0.4, -0.2) is 31.8 Å². The van der Waals surface area contributed by atoms with Crippen LogP contribution in [0.5, 0.6) is 5.75 Å². The fraction of sp³-hybridized carbons (Fsp3) is 0.467. The lowest BCUT2D eigenvalue weighted by molar-refractivity contribution is -0.146. The zero-order valence-electron chi connectivity index (χ0n) is 12.8. The number of hydrogen-bond acceptors (Lipinski definition) is 4. The third-order valence-corrected chi connectivity index (χ3v) is 2.85. The van der Waals surface area contributed by atoms with Gasteiger partial charge in [-0.25, -0.2) is 9.59 Å². The van der Waals surface area contributed by atoms with E-state index in [1.807, 2.05) is 13.8 Å². The molecule has 6 heteroatoms. The van der Waals surface area contributed by atoms with E-state index in [4.69, 9.17) is 9.47 Å². The van der Waals surface area contributed by atoms with E-state index in [1.54, 1.807) is 31.2 Å². The van der Waals surface area contributed by atoms with Gasteiger partial charge in [-0.1, -0.05) is 26.0 Å². The number of esters is 1. The maximum absolute atomic E-state index is 12.0. The summed E-state index contributed by atoms with van der Waals surface area (Å²) in [7, 11) is 1.52. The van der Waals surface area contributed by atoms with E-state index in [-0.39, 0.29) is 12.5 Å². The van der Waals surface area contributed by atoms with Crippen molar-refractivity contribution in [1.29, 1.82) is 0 Å². The van der Waals surface area contributed by atoms with Crippen LogP contribution in [0.3, 0.4) is 0 Å². The van der Waals surface area contributed by atoms with Crippen LogP contribution < -0.4 is 15.4 Å². The molecule has 1 aromatic rings. The number of para-hydroxylation sites is 2. The first-order valence-electron chi connectivity index (χ1n) is 6.86. The number of rotatable bonds is 6. The number of carbonyl (C=O) groups excluding carboxylic acids is 2. The van der Waals surface area contributed by atoms with Crippen molar-refractivity contribution in [1.82, 2.24) is 5.32 Å². The summed E-state index contributed by atoms with van der Waals surface area (Å²) in [6.07, 6.45) is 0. The number of carbonyl (C=O) groups is 2. The summed E-state index contributed by atoms with van der Waals surface area (Å²) in [5.74, 6) is 0.0278. The molecule has 0 aliphatic carbocycles. The van der Waals surface area contributed by atoms with Crippen molar-refractivity contribution in [2.24, 2.45) is 5.92 Å². The highest BCUT2D eigenvalue weighted by Crippen LogP contribution is 2.22. The van der Waals surface area contributed by atoms with E-state index in [9.17, 15) is 9.59 Å². The lowest BCUT2D eigenvalue weighted by atomic mass is 10.1. The second-order valence-corrected chi connectivity index (χ2v) is 4.77. The number of nitrogens with one attached hydrogen (secondary N) is 2. The van der Waals surface area contributed by atoms with Crippen molar-refractivity contribution >= 4 is 17.7 Å². The van der Waals surface area contributed by atoms with Crippen LogP contribution in [0.1, 0.15) is 20.8 Å². The van der Waals surface area contributed by atoms with Gasteiger partial charge in [-0.15, -0.1) is 0 Å². The normalized spacial score (nSPS) is 11.7. The number of urea groups is 1. The van der Waals surface area contributed by atoms with Gasteiger partial charge < -0.3 is 20.1 Å². The van der Waals surface area contributed by atoms with Gasteiger partial charge in [-0.3, -0.25) is 0 Å². The molecule has 0 fully saturated rings. The van der Waals surface area contributed by atoms with Gasteiger partial charge in [0.25, 0.3) is 0 Å². The Balaban J connectivity index is 2.72. The van der Waals surface area contributed by atoms with E-state index in [2.05, 4.69) is 10.6 Å². The first-order valence-corrected chi connectivity index (χ1v) is 6.86. The molecule has 0 saturated carbocycles. The van der Waals surface area contributed by atoms with Crippen molar-refractivity contribution in [2.75, 3.05) is 19.0 Å². The number of benzene rings is 1. The van der Waals surface area contributed by atoms with E-state index >= 15 is 0 Å². The molecule has 0 aliphatic heterocycles. The molecular weight excluding hydrogens is 272 g/mol. The van der Waals surface area contributed by atoms with Crippen LogP contribution >= 0.6 is 0 Å². The molecule has 1 unspecified atom stereocenters. The SMILES string of the molecule is CCOC(=O)C(NC(=O)Nc1ccccc1OC)C(C)C. The summed E-state index contributed by atoms with van der Waals surface area (Å²) in [4.78, 5) is 23.8. The number of ether oxygens (including phenoxy) is 2. The van der Waals surface area contributed by atoms with Gasteiger partial charge >= 0.3 is 12.0 Å². The summed E-state index contributed by atoms with van der Waals surface area (Å²) in [5.41, 5.74) is 0.531. The first-order chi connectivity index (χ1) is 9.99. The summed E-state index contributed by atoms with van der Waals surface area (Å²) in [6.45, 7) is 5.68. The highest BCUT2D eigenvalue weighted by atomic mass is 16.5. The molecule has 0 heterocycles. The number of hydrogen-bond donors (Lipinski definition) is 2. The lowest BCUT2D eigenvalue weighted by Crippen LogP contribution is -2.47. The molecule has 1 rings (SSSR count). The van der Waals surface area contributed by atoms with Gasteiger partial charge in [-0.05, 0) is 25.0 Å². The maximum Gasteiger partial charge on any atom is 0.328 e. The monoisotopic (exact) mass is 294 g/mol. The largest absolute Gasteiger partial charge is 0.495 e. The summed E-state index contributed by atoms with van der Waals surface area (Å²) >= 11 is 0. The van der Waals surface area contributed by atoms with Crippen molar-refractivity contribution in [2.45, 2.75) is 26.8 Å². The van der Waals surface area contributed by atoms with Crippen molar-refractivity contribution in [3.8, 4) is 5.75 Å². The second kappa shape index (κ2) is 8.14. The van der Waals surface area contributed by atoms with Gasteiger partial charge in [0.05, 0.1) is 19.4 Å². The van der Waals surface area contributed by atoms with Crippen LogP contribution in [-0.2, 0) is 9.53 Å². The van der Waals surface area contributed by atoms with Crippen molar-refractivity contribution in [3.05, 3.63) is 24.3 Å². The molecule has 2 N–H and O–H groups in total. The van der Waals surface area contributed by atoms with Crippen LogP contribution in [0.25, 0.3) is 0 Å². The average molecular weight is 294 g/mol. The van der Waals surface area contributed by atoms with Gasteiger partial charge in [0.1, 0.15) is 11.8 Å². The molecule has 116 valence electrons. The summed E-state index contributed by atoms with van der Waals surface area (Å²) in [6, 6.07) is 5.86. The second-order valence-electron chi connectivity index (χ2n) is 4.77. The Kier molecular flexibility index (Phi) is 6.52. The minimum Gasteiger partial charge on any atom is -0.495 e. The first kappa shape index (κ1) is 16.8. The van der Waals surface area contributed by atoms with E-state index in [0.29, 0.717) is 11.4 Å². The smallest absolute Gasteiger partial charge is 0.328 e. The molecule has 0 spiro atoms. The number of methoxy groups -OCH3 is 1. The molecule has 0 saturated heterocycles. The molecule has 21 heavy (non-hydrogen) atoms. The highest BCUT2D eigenvalue weighted by Gasteiger charge is 2.25. The lowest BCUT2D eigenvalue weighted by Gasteiger charge is -2.21. The van der Waals surface area contributed by atoms with E-state index in [1.165, 1.54) is 7.11 Å². The Labute approximate surface area is 124 Å². The molecule has 0 aromatic heterocycles. The molecule has 0 aliphatic rings. The predicted molar refractivity (Wildman–Crippen MR) is 80.4 cm³/mol. The minimum absolute atomic E-state index is 0.0764. The third kappa shape index (κ3) is 4.98. The number of anilines is 1. The molecular formula is C15H22N2O4. The fourth-order valence-electron chi connectivity index (χ4n) is 1.78. The fourth-order valence-corrected chi connectivity index (χ4v) is 1.78. The van der Waals surface area contributed by atoms with Gasteiger partial charge in [0.2, 0.25) is 0 Å². The maximum atomic E-state index is 12.0. The Morgan fingerprint density at radius 1 is 1.24 bits per heavy atom.